The molecule has 1 aliphatic rings. The zero-order valence-electron chi connectivity index (χ0n) is 9.53. The van der Waals surface area contributed by atoms with E-state index in [-0.39, 0.29) is 5.60 Å². The fraction of sp³-hybridized carbons (Fsp3) is 0.750. The first-order valence-electron chi connectivity index (χ1n) is 5.81. The van der Waals surface area contributed by atoms with Crippen molar-refractivity contribution in [3.8, 4) is 0 Å². The van der Waals surface area contributed by atoms with Crippen molar-refractivity contribution in [1.82, 2.24) is 4.98 Å². The minimum absolute atomic E-state index is 0.0601. The van der Waals surface area contributed by atoms with Crippen molar-refractivity contribution in [1.29, 1.82) is 0 Å². The van der Waals surface area contributed by atoms with E-state index in [1.165, 1.54) is 17.8 Å². The van der Waals surface area contributed by atoms with Gasteiger partial charge in [0.1, 0.15) is 10.6 Å². The maximum atomic E-state index is 6.01. The fourth-order valence-electron chi connectivity index (χ4n) is 2.37. The Morgan fingerprint density at radius 1 is 1.53 bits per heavy atom. The Kier molecular flexibility index (Phi) is 3.42. The first-order chi connectivity index (χ1) is 7.27. The third-order valence-corrected chi connectivity index (χ3v) is 4.28. The Hall–Kier alpha value is -0.410. The summed E-state index contributed by atoms with van der Waals surface area (Å²) < 4.78 is 6.01. The second-order valence-corrected chi connectivity index (χ2v) is 5.34. The van der Waals surface area contributed by atoms with E-state index in [1.807, 2.05) is 11.6 Å². The summed E-state index contributed by atoms with van der Waals surface area (Å²) in [6, 6.07) is 0. The molecule has 3 heteroatoms. The van der Waals surface area contributed by atoms with Gasteiger partial charge in [-0.15, -0.1) is 11.3 Å². The van der Waals surface area contributed by atoms with E-state index in [4.69, 9.17) is 4.74 Å². The van der Waals surface area contributed by atoms with Gasteiger partial charge in [0, 0.05) is 18.2 Å². The molecule has 0 aromatic carbocycles. The fourth-order valence-corrected chi connectivity index (χ4v) is 3.22. The molecule has 1 aromatic rings. The maximum Gasteiger partial charge on any atom is 0.125 e. The third kappa shape index (κ3) is 2.23. The van der Waals surface area contributed by atoms with E-state index >= 15 is 0 Å². The molecule has 0 bridgehead atoms. The molecule has 0 radical (unpaired) electrons. The van der Waals surface area contributed by atoms with E-state index in [1.54, 1.807) is 11.3 Å². The van der Waals surface area contributed by atoms with Gasteiger partial charge >= 0.3 is 0 Å². The Morgan fingerprint density at radius 3 is 2.80 bits per heavy atom. The Bertz CT molecular complexity index is 289. The van der Waals surface area contributed by atoms with E-state index in [2.05, 4.69) is 18.8 Å². The van der Waals surface area contributed by atoms with Crippen LogP contribution in [0, 0.1) is 5.92 Å². The second kappa shape index (κ2) is 4.62. The zero-order valence-corrected chi connectivity index (χ0v) is 10.3. The molecule has 84 valence electrons. The Balaban J connectivity index is 2.18. The average Bonchev–Trinajstić information content (AvgIpc) is 2.76. The van der Waals surface area contributed by atoms with Crippen molar-refractivity contribution in [2.45, 2.75) is 45.1 Å². The van der Waals surface area contributed by atoms with Crippen LogP contribution in [0.4, 0.5) is 0 Å². The summed E-state index contributed by atoms with van der Waals surface area (Å²) in [6.07, 6.45) is 6.68. The van der Waals surface area contributed by atoms with Crippen LogP contribution in [0.25, 0.3) is 0 Å². The first kappa shape index (κ1) is 11.1. The molecule has 0 atom stereocenters. The van der Waals surface area contributed by atoms with Crippen LogP contribution in [0.3, 0.4) is 0 Å². The highest BCUT2D eigenvalue weighted by molar-refractivity contribution is 7.09. The lowest BCUT2D eigenvalue weighted by atomic mass is 9.80. The van der Waals surface area contributed by atoms with Gasteiger partial charge < -0.3 is 4.74 Å². The number of nitrogens with zero attached hydrogens (tertiary/aromatic N) is 1. The number of hydrogen-bond donors (Lipinski definition) is 0. The molecule has 1 saturated carbocycles. The minimum atomic E-state index is -0.0601. The van der Waals surface area contributed by atoms with Gasteiger partial charge in [-0.05, 0) is 38.5 Å². The normalized spacial score (nSPS) is 31.7. The quantitative estimate of drug-likeness (QED) is 0.784. The summed E-state index contributed by atoms with van der Waals surface area (Å²) in [5, 5.41) is 3.23. The molecule has 0 spiro atoms. The van der Waals surface area contributed by atoms with Gasteiger partial charge in [0.05, 0.1) is 0 Å². The summed E-state index contributed by atoms with van der Waals surface area (Å²) in [5.74, 6) is 0.846. The summed E-state index contributed by atoms with van der Waals surface area (Å²) in [4.78, 5) is 4.45. The van der Waals surface area contributed by atoms with Crippen LogP contribution in [-0.2, 0) is 10.3 Å². The van der Waals surface area contributed by atoms with Crippen LogP contribution in [-0.4, -0.2) is 11.6 Å². The molecule has 2 rings (SSSR count). The predicted molar refractivity (Wildman–Crippen MR) is 63.1 cm³/mol. The van der Waals surface area contributed by atoms with Crippen molar-refractivity contribution < 1.29 is 4.74 Å². The van der Waals surface area contributed by atoms with Crippen LogP contribution in [0.2, 0.25) is 0 Å². The lowest BCUT2D eigenvalue weighted by Crippen LogP contribution is -2.34. The topological polar surface area (TPSA) is 22.1 Å². The number of aromatic nitrogens is 1. The van der Waals surface area contributed by atoms with Crippen LogP contribution >= 0.6 is 11.3 Å². The standard InChI is InChI=1S/C12H19NOS/c1-3-14-12(11-13-8-9-15-11)6-4-10(2)5-7-12/h8-10H,3-7H2,1-2H3. The van der Waals surface area contributed by atoms with Crippen LogP contribution in [0.1, 0.15) is 44.5 Å². The second-order valence-electron chi connectivity index (χ2n) is 4.45. The molecular formula is C12H19NOS. The molecule has 1 aromatic heterocycles. The van der Waals surface area contributed by atoms with Crippen LogP contribution < -0.4 is 0 Å². The van der Waals surface area contributed by atoms with E-state index in [0.29, 0.717) is 0 Å². The molecule has 1 fully saturated rings. The number of hydrogen-bond acceptors (Lipinski definition) is 3. The van der Waals surface area contributed by atoms with Gasteiger partial charge in [0.2, 0.25) is 0 Å². The van der Waals surface area contributed by atoms with Gasteiger partial charge in [0.15, 0.2) is 0 Å². The zero-order chi connectivity index (χ0) is 10.7. The number of ether oxygens (including phenoxy) is 1. The predicted octanol–water partition coefficient (Wildman–Crippen LogP) is 3.59. The largest absolute Gasteiger partial charge is 0.368 e. The van der Waals surface area contributed by atoms with Gasteiger partial charge in [0.25, 0.3) is 0 Å². The smallest absolute Gasteiger partial charge is 0.125 e. The lowest BCUT2D eigenvalue weighted by molar-refractivity contribution is -0.0776. The monoisotopic (exact) mass is 225 g/mol. The van der Waals surface area contributed by atoms with Gasteiger partial charge in [-0.2, -0.15) is 0 Å². The van der Waals surface area contributed by atoms with Crippen molar-refractivity contribution in [3.63, 3.8) is 0 Å². The molecular weight excluding hydrogens is 206 g/mol. The van der Waals surface area contributed by atoms with E-state index in [0.717, 1.165) is 25.4 Å². The molecule has 0 aliphatic heterocycles. The molecule has 1 heterocycles. The summed E-state index contributed by atoms with van der Waals surface area (Å²) in [5.41, 5.74) is -0.0601. The van der Waals surface area contributed by atoms with Gasteiger partial charge in [-0.1, -0.05) is 6.92 Å². The molecule has 2 nitrogen and oxygen atoms in total. The third-order valence-electron chi connectivity index (χ3n) is 3.32. The Labute approximate surface area is 95.7 Å². The molecule has 0 N–H and O–H groups in total. The maximum absolute atomic E-state index is 6.01. The Morgan fingerprint density at radius 2 is 2.27 bits per heavy atom. The first-order valence-corrected chi connectivity index (χ1v) is 6.69. The highest BCUT2D eigenvalue weighted by Crippen LogP contribution is 2.43. The van der Waals surface area contributed by atoms with Gasteiger partial charge in [-0.3, -0.25) is 0 Å². The number of thiazole rings is 1. The summed E-state index contributed by atoms with van der Waals surface area (Å²) in [6.45, 7) is 5.19. The highest BCUT2D eigenvalue weighted by atomic mass is 32.1. The minimum Gasteiger partial charge on any atom is -0.368 e. The number of rotatable bonds is 3. The van der Waals surface area contributed by atoms with Crippen molar-refractivity contribution in [2.75, 3.05) is 6.61 Å². The van der Waals surface area contributed by atoms with Gasteiger partial charge in [-0.25, -0.2) is 4.98 Å². The van der Waals surface area contributed by atoms with Crippen LogP contribution in [0.5, 0.6) is 0 Å². The molecule has 15 heavy (non-hydrogen) atoms. The highest BCUT2D eigenvalue weighted by Gasteiger charge is 2.38. The van der Waals surface area contributed by atoms with Crippen molar-refractivity contribution in [2.24, 2.45) is 5.92 Å². The molecule has 0 unspecified atom stereocenters. The molecule has 0 saturated heterocycles. The van der Waals surface area contributed by atoms with Crippen molar-refractivity contribution in [3.05, 3.63) is 16.6 Å². The van der Waals surface area contributed by atoms with Crippen molar-refractivity contribution >= 4 is 11.3 Å². The van der Waals surface area contributed by atoms with E-state index < -0.39 is 0 Å². The average molecular weight is 225 g/mol. The molecule has 0 amide bonds. The lowest BCUT2D eigenvalue weighted by Gasteiger charge is -2.37. The molecule has 1 aliphatic carbocycles. The summed E-state index contributed by atoms with van der Waals surface area (Å²) >= 11 is 1.73. The SMILES string of the molecule is CCOC1(c2nccs2)CCC(C)CC1. The van der Waals surface area contributed by atoms with Crippen LogP contribution in [0.15, 0.2) is 11.6 Å². The van der Waals surface area contributed by atoms with E-state index in [9.17, 15) is 0 Å². The summed E-state index contributed by atoms with van der Waals surface area (Å²) in [7, 11) is 0.